The van der Waals surface area contributed by atoms with E-state index in [1.165, 1.54) is 22.3 Å². The van der Waals surface area contributed by atoms with Crippen LogP contribution < -0.4 is 0 Å². The molecule has 1 unspecified atom stereocenters. The van der Waals surface area contributed by atoms with Gasteiger partial charge in [0.1, 0.15) is 13.2 Å². The van der Waals surface area contributed by atoms with Crippen LogP contribution in [0.4, 0.5) is 4.79 Å². The third-order valence-corrected chi connectivity index (χ3v) is 6.72. The number of allylic oxidation sites excluding steroid dienone is 2. The summed E-state index contributed by atoms with van der Waals surface area (Å²) in [5, 5.41) is 0. The predicted octanol–water partition coefficient (Wildman–Crippen LogP) is 7.27. The van der Waals surface area contributed by atoms with Crippen molar-refractivity contribution in [2.75, 3.05) is 19.8 Å². The largest absolute Gasteiger partial charge is 0.464 e. The molecule has 0 fully saturated rings. The molecule has 192 valence electrons. The Hall–Kier alpha value is -3.34. The molecule has 0 aliphatic heterocycles. The van der Waals surface area contributed by atoms with Crippen molar-refractivity contribution in [2.45, 2.75) is 63.8 Å². The molecule has 5 heteroatoms. The highest BCUT2D eigenvalue weighted by Crippen LogP contribution is 2.44. The number of carbonyl (C=O) groups is 2. The van der Waals surface area contributed by atoms with E-state index < -0.39 is 0 Å². The molecule has 0 spiro atoms. The lowest BCUT2D eigenvalue weighted by Crippen LogP contribution is -2.43. The van der Waals surface area contributed by atoms with Crippen molar-refractivity contribution in [3.05, 3.63) is 85.0 Å². The van der Waals surface area contributed by atoms with Crippen molar-refractivity contribution >= 4 is 12.1 Å². The van der Waals surface area contributed by atoms with E-state index in [9.17, 15) is 9.59 Å². The van der Waals surface area contributed by atoms with Gasteiger partial charge < -0.3 is 14.4 Å². The van der Waals surface area contributed by atoms with Gasteiger partial charge in [-0.05, 0) is 54.4 Å². The zero-order chi connectivity index (χ0) is 25.8. The smallest absolute Gasteiger partial charge is 0.410 e. The Morgan fingerprint density at radius 2 is 1.58 bits per heavy atom. The van der Waals surface area contributed by atoms with Crippen molar-refractivity contribution in [1.29, 1.82) is 0 Å². The molecular formula is C31H39NO4. The fourth-order valence-corrected chi connectivity index (χ4v) is 4.92. The number of rotatable bonds is 15. The van der Waals surface area contributed by atoms with E-state index >= 15 is 0 Å². The van der Waals surface area contributed by atoms with Crippen molar-refractivity contribution < 1.29 is 19.1 Å². The van der Waals surface area contributed by atoms with Crippen LogP contribution in [0.5, 0.6) is 0 Å². The summed E-state index contributed by atoms with van der Waals surface area (Å²) < 4.78 is 11.4. The maximum Gasteiger partial charge on any atom is 0.410 e. The molecule has 3 rings (SSSR count). The minimum atomic E-state index is -0.359. The molecular weight excluding hydrogens is 450 g/mol. The van der Waals surface area contributed by atoms with Crippen LogP contribution in [0, 0.1) is 0 Å². The van der Waals surface area contributed by atoms with Gasteiger partial charge in [0, 0.05) is 18.4 Å². The zero-order valence-electron chi connectivity index (χ0n) is 21.5. The van der Waals surface area contributed by atoms with Gasteiger partial charge in [0.25, 0.3) is 0 Å². The molecule has 1 amide bonds. The van der Waals surface area contributed by atoms with Gasteiger partial charge in [-0.25, -0.2) is 4.79 Å². The number of amides is 1. The summed E-state index contributed by atoms with van der Waals surface area (Å²) in [6.45, 7) is 10.4. The molecule has 0 aromatic heterocycles. The van der Waals surface area contributed by atoms with E-state index in [4.69, 9.17) is 9.47 Å². The predicted molar refractivity (Wildman–Crippen MR) is 145 cm³/mol. The van der Waals surface area contributed by atoms with Crippen molar-refractivity contribution in [2.24, 2.45) is 0 Å². The first-order valence-corrected chi connectivity index (χ1v) is 13.1. The summed E-state index contributed by atoms with van der Waals surface area (Å²) >= 11 is 0. The first-order chi connectivity index (χ1) is 17.6. The summed E-state index contributed by atoms with van der Waals surface area (Å²) in [5.74, 6) is -0.244. The number of hydrogen-bond donors (Lipinski definition) is 0. The Labute approximate surface area is 215 Å². The van der Waals surface area contributed by atoms with E-state index in [1.807, 2.05) is 30.3 Å². The van der Waals surface area contributed by atoms with Crippen LogP contribution >= 0.6 is 0 Å². The maximum atomic E-state index is 13.4. The van der Waals surface area contributed by atoms with Crippen LogP contribution in [-0.2, 0) is 14.3 Å². The van der Waals surface area contributed by atoms with Gasteiger partial charge in [-0.3, -0.25) is 4.79 Å². The number of benzene rings is 2. The second-order valence-corrected chi connectivity index (χ2v) is 9.21. The molecule has 0 N–H and O–H groups in total. The number of unbranched alkanes of at least 4 members (excludes halogenated alkanes) is 1. The van der Waals surface area contributed by atoms with Gasteiger partial charge in [-0.2, -0.15) is 0 Å². The topological polar surface area (TPSA) is 55.8 Å². The summed E-state index contributed by atoms with van der Waals surface area (Å²) in [6, 6.07) is 16.6. The standard InChI is InChI=1S/C31H39NO4/c1-4-7-9-20-30(33)35-22-21-32(24(14-6-3)15-8-5-2)31(34)36-23-29-27-18-12-10-16-25(27)26-17-11-13-19-28(26)29/h4-5,10-13,16-19,24,29H,1-2,6-9,14-15,20-23H2,3H3. The monoisotopic (exact) mass is 489 g/mol. The van der Waals surface area contributed by atoms with Gasteiger partial charge in [-0.1, -0.05) is 74.0 Å². The van der Waals surface area contributed by atoms with E-state index in [-0.39, 0.29) is 37.2 Å². The van der Waals surface area contributed by atoms with E-state index in [0.717, 1.165) is 38.5 Å². The minimum Gasteiger partial charge on any atom is -0.464 e. The second-order valence-electron chi connectivity index (χ2n) is 9.21. The fraction of sp³-hybridized carbons (Fsp3) is 0.419. The molecule has 36 heavy (non-hydrogen) atoms. The van der Waals surface area contributed by atoms with Crippen molar-refractivity contribution in [3.63, 3.8) is 0 Å². The fourth-order valence-electron chi connectivity index (χ4n) is 4.92. The molecule has 2 aromatic carbocycles. The van der Waals surface area contributed by atoms with E-state index in [1.54, 1.807) is 11.0 Å². The van der Waals surface area contributed by atoms with Crippen LogP contribution in [-0.4, -0.2) is 42.8 Å². The summed E-state index contributed by atoms with van der Waals surface area (Å²) in [4.78, 5) is 27.2. The zero-order valence-corrected chi connectivity index (χ0v) is 21.5. The number of carbonyl (C=O) groups excluding carboxylic acids is 2. The maximum absolute atomic E-state index is 13.4. The highest BCUT2D eigenvalue weighted by molar-refractivity contribution is 5.79. The highest BCUT2D eigenvalue weighted by atomic mass is 16.6. The highest BCUT2D eigenvalue weighted by Gasteiger charge is 2.31. The Kier molecular flexibility index (Phi) is 10.8. The number of hydrogen-bond acceptors (Lipinski definition) is 4. The second kappa shape index (κ2) is 14.3. The Morgan fingerprint density at radius 1 is 0.944 bits per heavy atom. The lowest BCUT2D eigenvalue weighted by molar-refractivity contribution is -0.144. The quantitative estimate of drug-likeness (QED) is 0.150. The molecule has 5 nitrogen and oxygen atoms in total. The average molecular weight is 490 g/mol. The molecule has 1 aliphatic rings. The molecule has 2 aromatic rings. The van der Waals surface area contributed by atoms with E-state index in [0.29, 0.717) is 13.0 Å². The van der Waals surface area contributed by atoms with Crippen LogP contribution in [0.15, 0.2) is 73.8 Å². The lowest BCUT2D eigenvalue weighted by Gasteiger charge is -2.31. The third kappa shape index (κ3) is 7.09. The van der Waals surface area contributed by atoms with Crippen LogP contribution in [0.1, 0.15) is 68.9 Å². The summed E-state index contributed by atoms with van der Waals surface area (Å²) in [5.41, 5.74) is 4.76. The van der Waals surface area contributed by atoms with Crippen LogP contribution in [0.2, 0.25) is 0 Å². The summed E-state index contributed by atoms with van der Waals surface area (Å²) in [7, 11) is 0. The molecule has 1 atom stereocenters. The number of esters is 1. The molecule has 0 saturated carbocycles. The van der Waals surface area contributed by atoms with Crippen LogP contribution in [0.25, 0.3) is 11.1 Å². The third-order valence-electron chi connectivity index (χ3n) is 6.72. The number of ether oxygens (including phenoxy) is 2. The first kappa shape index (κ1) is 27.3. The SMILES string of the molecule is C=CCCCC(=O)OCCN(C(=O)OCC1c2ccccc2-c2ccccc21)C(CCC)CCC=C. The van der Waals surface area contributed by atoms with Gasteiger partial charge in [0.2, 0.25) is 0 Å². The van der Waals surface area contributed by atoms with Gasteiger partial charge in [0.05, 0.1) is 6.54 Å². The lowest BCUT2D eigenvalue weighted by atomic mass is 9.98. The Morgan fingerprint density at radius 3 is 2.19 bits per heavy atom. The Balaban J connectivity index is 1.68. The normalized spacial score (nSPS) is 12.8. The molecule has 1 aliphatic carbocycles. The molecule has 0 bridgehead atoms. The molecule has 0 heterocycles. The van der Waals surface area contributed by atoms with Gasteiger partial charge >= 0.3 is 12.1 Å². The van der Waals surface area contributed by atoms with E-state index in [2.05, 4.69) is 44.3 Å². The Bertz CT molecular complexity index is 985. The average Bonchev–Trinajstić information content (AvgIpc) is 3.22. The molecule has 0 saturated heterocycles. The van der Waals surface area contributed by atoms with Crippen molar-refractivity contribution in [1.82, 2.24) is 4.90 Å². The van der Waals surface area contributed by atoms with Gasteiger partial charge in [-0.15, -0.1) is 13.2 Å². The summed E-state index contributed by atoms with van der Waals surface area (Å²) in [6.07, 6.45) is 8.56. The van der Waals surface area contributed by atoms with Crippen molar-refractivity contribution in [3.8, 4) is 11.1 Å². The number of fused-ring (bicyclic) bond motifs is 3. The minimum absolute atomic E-state index is 0.00289. The molecule has 0 radical (unpaired) electrons. The van der Waals surface area contributed by atoms with Gasteiger partial charge in [0.15, 0.2) is 0 Å². The number of nitrogens with zero attached hydrogens (tertiary/aromatic N) is 1. The van der Waals surface area contributed by atoms with Crippen LogP contribution in [0.3, 0.4) is 0 Å². The first-order valence-electron chi connectivity index (χ1n) is 13.1.